The van der Waals surface area contributed by atoms with Crippen LogP contribution in [-0.2, 0) is 25.8 Å². The highest BCUT2D eigenvalue weighted by molar-refractivity contribution is 8.05. The molecule has 0 radical (unpaired) electrons. The normalized spacial score (nSPS) is 15.9. The van der Waals surface area contributed by atoms with Crippen LogP contribution in [0, 0.1) is 12.8 Å². The number of rotatable bonds is 4. The minimum absolute atomic E-state index is 0.178. The molecule has 4 nitrogen and oxygen atoms in total. The van der Waals surface area contributed by atoms with Gasteiger partial charge in [-0.2, -0.15) is 11.8 Å². The Kier molecular flexibility index (Phi) is 8.68. The van der Waals surface area contributed by atoms with Crippen LogP contribution in [0.3, 0.4) is 0 Å². The van der Waals surface area contributed by atoms with Crippen LogP contribution in [0.25, 0.3) is 0 Å². The van der Waals surface area contributed by atoms with Crippen molar-refractivity contribution in [3.63, 3.8) is 0 Å². The number of Topliss-reactive ketones (excluding diaryl/α,β-unsaturated/α-hetero) is 1. The fourth-order valence-corrected chi connectivity index (χ4v) is 6.51. The predicted molar refractivity (Wildman–Crippen MR) is 98.3 cm³/mol. The molecule has 2 rings (SSSR count). The summed E-state index contributed by atoms with van der Waals surface area (Å²) < 4.78 is 31.2. The number of hydrogen-bond donors (Lipinski definition) is 0. The Morgan fingerprint density at radius 2 is 1.74 bits per heavy atom. The summed E-state index contributed by atoms with van der Waals surface area (Å²) in [7, 11) is -3.84. The third-order valence-corrected chi connectivity index (χ3v) is 7.94. The molecule has 0 amide bonds. The largest absolute Gasteiger partial charge is 0.744 e. The summed E-state index contributed by atoms with van der Waals surface area (Å²) in [5, 5.41) is 0. The van der Waals surface area contributed by atoms with Gasteiger partial charge in [-0.15, -0.1) is 0 Å². The number of carbonyl (C=O) groups excluding carboxylic acids is 1. The van der Waals surface area contributed by atoms with E-state index in [1.165, 1.54) is 35.1 Å². The second kappa shape index (κ2) is 9.71. The van der Waals surface area contributed by atoms with E-state index in [9.17, 15) is 17.8 Å². The molecule has 0 atom stereocenters. The lowest BCUT2D eigenvalue weighted by Gasteiger charge is -2.13. The highest BCUT2D eigenvalue weighted by atomic mass is 32.2. The van der Waals surface area contributed by atoms with E-state index >= 15 is 0 Å². The van der Waals surface area contributed by atoms with Crippen LogP contribution in [0.15, 0.2) is 29.2 Å². The molecular formula is C16H24O4S3. The molecule has 1 aromatic carbocycles. The van der Waals surface area contributed by atoms with Crippen LogP contribution < -0.4 is 0 Å². The Labute approximate surface area is 146 Å². The molecule has 0 aromatic heterocycles. The smallest absolute Gasteiger partial charge is 0.184 e. The Hall–Kier alpha value is -0.500. The van der Waals surface area contributed by atoms with Gasteiger partial charge in [-0.3, -0.25) is 4.79 Å². The van der Waals surface area contributed by atoms with E-state index in [0.717, 1.165) is 11.3 Å². The van der Waals surface area contributed by atoms with Crippen molar-refractivity contribution in [2.45, 2.75) is 25.7 Å². The monoisotopic (exact) mass is 376 g/mol. The van der Waals surface area contributed by atoms with Gasteiger partial charge < -0.3 is 4.55 Å². The summed E-state index contributed by atoms with van der Waals surface area (Å²) in [6, 6.07) is 5.78. The maximum Gasteiger partial charge on any atom is 0.184 e. The third-order valence-electron chi connectivity index (χ3n) is 3.33. The van der Waals surface area contributed by atoms with Crippen molar-refractivity contribution in [3.8, 4) is 0 Å². The molecule has 0 bridgehead atoms. The summed E-state index contributed by atoms with van der Waals surface area (Å²) in [6.45, 7) is 5.83. The van der Waals surface area contributed by atoms with Crippen molar-refractivity contribution < 1.29 is 17.8 Å². The number of ketones is 1. The van der Waals surface area contributed by atoms with E-state index in [-0.39, 0.29) is 10.8 Å². The SMILES string of the molecule is CC(C)C(=O)C[S+]1CCSCC1.Cc1ccc(S(=O)(=O)[O-])cc1. The second-order valence-corrected chi connectivity index (χ2v) is 10.6. The van der Waals surface area contributed by atoms with Crippen LogP contribution in [0.4, 0.5) is 0 Å². The molecular weight excluding hydrogens is 352 g/mol. The van der Waals surface area contributed by atoms with Crippen LogP contribution in [0.1, 0.15) is 19.4 Å². The van der Waals surface area contributed by atoms with E-state index in [4.69, 9.17) is 0 Å². The van der Waals surface area contributed by atoms with Gasteiger partial charge in [0, 0.05) is 17.4 Å². The molecule has 1 fully saturated rings. The van der Waals surface area contributed by atoms with Crippen LogP contribution in [0.2, 0.25) is 0 Å². The average molecular weight is 377 g/mol. The van der Waals surface area contributed by atoms with E-state index in [1.807, 2.05) is 32.5 Å². The molecule has 1 saturated heterocycles. The van der Waals surface area contributed by atoms with Gasteiger partial charge in [-0.05, 0) is 30.0 Å². The Morgan fingerprint density at radius 3 is 2.17 bits per heavy atom. The van der Waals surface area contributed by atoms with E-state index in [2.05, 4.69) is 0 Å². The van der Waals surface area contributed by atoms with Gasteiger partial charge >= 0.3 is 0 Å². The fourth-order valence-electron chi connectivity index (χ4n) is 1.77. The number of thioether (sulfide) groups is 1. The minimum atomic E-state index is -4.27. The van der Waals surface area contributed by atoms with E-state index in [1.54, 1.807) is 12.1 Å². The lowest BCUT2D eigenvalue weighted by Crippen LogP contribution is -2.29. The van der Waals surface area contributed by atoms with E-state index < -0.39 is 10.1 Å². The fraction of sp³-hybridized carbons (Fsp3) is 0.562. The van der Waals surface area contributed by atoms with Crippen molar-refractivity contribution >= 4 is 38.6 Å². The zero-order valence-corrected chi connectivity index (χ0v) is 16.2. The zero-order valence-electron chi connectivity index (χ0n) is 13.8. The van der Waals surface area contributed by atoms with Gasteiger partial charge in [0.2, 0.25) is 0 Å². The van der Waals surface area contributed by atoms with Gasteiger partial charge in [0.1, 0.15) is 21.6 Å². The number of benzene rings is 1. The first kappa shape index (κ1) is 20.5. The minimum Gasteiger partial charge on any atom is -0.744 e. The highest BCUT2D eigenvalue weighted by Crippen LogP contribution is 2.14. The van der Waals surface area contributed by atoms with Gasteiger partial charge in [0.25, 0.3) is 0 Å². The van der Waals surface area contributed by atoms with Crippen molar-refractivity contribution in [2.24, 2.45) is 5.92 Å². The Morgan fingerprint density at radius 1 is 1.22 bits per heavy atom. The summed E-state index contributed by atoms with van der Waals surface area (Å²) >= 11 is 2.03. The molecule has 0 unspecified atom stereocenters. The van der Waals surface area contributed by atoms with Crippen molar-refractivity contribution in [1.29, 1.82) is 0 Å². The predicted octanol–water partition coefficient (Wildman–Crippen LogP) is 2.48. The molecule has 0 N–H and O–H groups in total. The van der Waals surface area contributed by atoms with E-state index in [0.29, 0.717) is 16.7 Å². The first-order valence-electron chi connectivity index (χ1n) is 7.47. The van der Waals surface area contributed by atoms with Gasteiger partial charge in [-0.1, -0.05) is 31.5 Å². The maximum absolute atomic E-state index is 11.4. The quantitative estimate of drug-likeness (QED) is 0.596. The molecule has 1 aliphatic rings. The van der Waals surface area contributed by atoms with Gasteiger partial charge in [0.05, 0.1) is 4.90 Å². The summed E-state index contributed by atoms with van der Waals surface area (Å²) in [4.78, 5) is 11.2. The van der Waals surface area contributed by atoms with Gasteiger partial charge in [-0.25, -0.2) is 8.42 Å². The zero-order chi connectivity index (χ0) is 17.5. The Balaban J connectivity index is 0.000000231. The lowest BCUT2D eigenvalue weighted by molar-refractivity contribution is -0.119. The molecule has 0 aliphatic carbocycles. The maximum atomic E-state index is 11.4. The number of carbonyl (C=O) groups is 1. The average Bonchev–Trinajstić information content (AvgIpc) is 2.48. The summed E-state index contributed by atoms with van der Waals surface area (Å²) in [6.07, 6.45) is 0. The molecule has 1 heterocycles. The highest BCUT2D eigenvalue weighted by Gasteiger charge is 2.26. The van der Waals surface area contributed by atoms with Crippen LogP contribution >= 0.6 is 11.8 Å². The van der Waals surface area contributed by atoms with Crippen molar-refractivity contribution in [2.75, 3.05) is 28.8 Å². The summed E-state index contributed by atoms with van der Waals surface area (Å²) in [5.74, 6) is 6.67. The third kappa shape index (κ3) is 8.24. The molecule has 1 aromatic rings. The van der Waals surface area contributed by atoms with Crippen molar-refractivity contribution in [3.05, 3.63) is 29.8 Å². The topological polar surface area (TPSA) is 74.3 Å². The number of aryl methyl sites for hydroxylation is 1. The molecule has 130 valence electrons. The second-order valence-electron chi connectivity index (χ2n) is 5.67. The lowest BCUT2D eigenvalue weighted by atomic mass is 10.1. The first-order chi connectivity index (χ1) is 10.7. The molecule has 23 heavy (non-hydrogen) atoms. The first-order valence-corrected chi connectivity index (χ1v) is 11.8. The molecule has 0 spiro atoms. The summed E-state index contributed by atoms with van der Waals surface area (Å²) in [5.41, 5.74) is 0.928. The molecule has 0 saturated carbocycles. The van der Waals surface area contributed by atoms with Gasteiger partial charge in [0.15, 0.2) is 11.5 Å². The van der Waals surface area contributed by atoms with Crippen LogP contribution in [-0.4, -0.2) is 47.5 Å². The number of hydrogen-bond acceptors (Lipinski definition) is 5. The standard InChI is InChI=1S/C9H17OS2.C7H8O3S/c1-8(2)9(10)7-12-5-3-11-4-6-12;1-6-2-4-7(5-3-6)11(8,9)10/h8H,3-7H2,1-2H3;2-5H,1H3,(H,8,9,10)/q+1;/p-1. The molecule has 1 aliphatic heterocycles. The van der Waals surface area contributed by atoms with Crippen molar-refractivity contribution in [1.82, 2.24) is 0 Å². The Bertz CT molecular complexity index is 588. The molecule has 7 heteroatoms. The van der Waals surface area contributed by atoms with Crippen LogP contribution in [0.5, 0.6) is 0 Å².